The van der Waals surface area contributed by atoms with Crippen LogP contribution in [0.5, 0.6) is 0 Å². The average molecular weight is 426 g/mol. The van der Waals surface area contributed by atoms with E-state index in [0.29, 0.717) is 17.6 Å². The van der Waals surface area contributed by atoms with Crippen molar-refractivity contribution in [3.63, 3.8) is 0 Å². The van der Waals surface area contributed by atoms with Gasteiger partial charge >= 0.3 is 5.97 Å². The third-order valence-corrected chi connectivity index (χ3v) is 6.15. The molecular weight excluding hydrogens is 398 g/mol. The molecule has 1 saturated carbocycles. The molecule has 7 heteroatoms. The number of carbonyl (C=O) groups excluding carboxylic acids is 1. The summed E-state index contributed by atoms with van der Waals surface area (Å²) in [6, 6.07) is 2.69. The van der Waals surface area contributed by atoms with Gasteiger partial charge in [-0.1, -0.05) is 19.3 Å². The van der Waals surface area contributed by atoms with Crippen LogP contribution in [0.1, 0.15) is 48.9 Å². The summed E-state index contributed by atoms with van der Waals surface area (Å²) in [5.74, 6) is 0.597. The second-order valence-corrected chi connectivity index (χ2v) is 8.16. The predicted octanol–water partition coefficient (Wildman–Crippen LogP) is 2.74. The molecule has 0 aromatic carbocycles. The largest absolute Gasteiger partial charge is 0.465 e. The summed E-state index contributed by atoms with van der Waals surface area (Å²) < 4.78 is 5.52. The second-order valence-electron chi connectivity index (χ2n) is 7.31. The number of hydrogen-bond acceptors (Lipinski definition) is 6. The van der Waals surface area contributed by atoms with E-state index in [1.807, 2.05) is 0 Å². The zero-order valence-corrected chi connectivity index (χ0v) is 16.9. The average Bonchev–Trinajstić information content (AvgIpc) is 2.68. The Labute approximate surface area is 163 Å². The Bertz CT molecular complexity index is 622. The monoisotopic (exact) mass is 425 g/mol. The van der Waals surface area contributed by atoms with E-state index >= 15 is 0 Å². The highest BCUT2D eigenvalue weighted by Crippen LogP contribution is 2.30. The molecule has 2 heterocycles. The number of hydrogen-bond donors (Lipinski definition) is 2. The maximum absolute atomic E-state index is 11.6. The summed E-state index contributed by atoms with van der Waals surface area (Å²) in [6.45, 7) is 1.80. The number of methoxy groups -OCH3 is 1. The lowest BCUT2D eigenvalue weighted by molar-refractivity contribution is 0.0600. The van der Waals surface area contributed by atoms with Crippen molar-refractivity contribution in [2.75, 3.05) is 31.7 Å². The molecule has 2 unspecified atom stereocenters. The highest BCUT2D eigenvalue weighted by Gasteiger charge is 2.32. The molecule has 0 spiro atoms. The number of aromatic nitrogens is 1. The van der Waals surface area contributed by atoms with Crippen LogP contribution in [0.25, 0.3) is 0 Å². The molecule has 2 N–H and O–H groups in total. The molecule has 2 atom stereocenters. The van der Waals surface area contributed by atoms with E-state index in [2.05, 4.69) is 31.1 Å². The number of nitrogens with zero attached hydrogens (tertiary/aromatic N) is 2. The molecule has 6 nitrogen and oxygen atoms in total. The first-order chi connectivity index (χ1) is 12.6. The van der Waals surface area contributed by atoms with Crippen molar-refractivity contribution in [2.24, 2.45) is 5.92 Å². The van der Waals surface area contributed by atoms with Gasteiger partial charge in [0.2, 0.25) is 0 Å². The van der Waals surface area contributed by atoms with E-state index in [-0.39, 0.29) is 12.5 Å². The van der Waals surface area contributed by atoms with E-state index in [1.54, 1.807) is 12.3 Å². The normalized spacial score (nSPS) is 24.5. The lowest BCUT2D eigenvalue weighted by Crippen LogP contribution is -2.53. The summed E-state index contributed by atoms with van der Waals surface area (Å²) in [5.41, 5.74) is 0.427. The topological polar surface area (TPSA) is 74.7 Å². The predicted molar refractivity (Wildman–Crippen MR) is 104 cm³/mol. The highest BCUT2D eigenvalue weighted by atomic mass is 79.9. The number of carbonyl (C=O) groups is 1. The van der Waals surface area contributed by atoms with Crippen molar-refractivity contribution in [3.05, 3.63) is 22.3 Å². The van der Waals surface area contributed by atoms with Crippen LogP contribution in [0.15, 0.2) is 16.7 Å². The summed E-state index contributed by atoms with van der Waals surface area (Å²) in [7, 11) is 1.36. The first kappa shape index (κ1) is 19.6. The number of esters is 1. The number of halogens is 1. The number of nitrogens with one attached hydrogen (secondary N) is 1. The van der Waals surface area contributed by atoms with Crippen molar-refractivity contribution >= 4 is 27.7 Å². The number of rotatable bonds is 5. The smallest absolute Gasteiger partial charge is 0.339 e. The minimum Gasteiger partial charge on any atom is -0.465 e. The Morgan fingerprint density at radius 3 is 2.81 bits per heavy atom. The van der Waals surface area contributed by atoms with Crippen LogP contribution >= 0.6 is 15.9 Å². The lowest BCUT2D eigenvalue weighted by Gasteiger charge is -2.41. The van der Waals surface area contributed by atoms with Crippen LogP contribution < -0.4 is 10.2 Å². The number of anilines is 1. The van der Waals surface area contributed by atoms with E-state index < -0.39 is 5.97 Å². The minimum atomic E-state index is -0.395. The van der Waals surface area contributed by atoms with Gasteiger partial charge in [-0.3, -0.25) is 0 Å². The molecule has 2 fully saturated rings. The van der Waals surface area contributed by atoms with Gasteiger partial charge in [0, 0.05) is 43.9 Å². The zero-order chi connectivity index (χ0) is 18.5. The van der Waals surface area contributed by atoms with E-state index in [0.717, 1.165) is 29.8 Å². The van der Waals surface area contributed by atoms with E-state index in [4.69, 9.17) is 4.74 Å². The maximum atomic E-state index is 11.6. The van der Waals surface area contributed by atoms with Crippen molar-refractivity contribution in [2.45, 2.75) is 50.6 Å². The Morgan fingerprint density at radius 1 is 1.38 bits per heavy atom. The summed E-state index contributed by atoms with van der Waals surface area (Å²) in [5, 5.41) is 13.7. The summed E-state index contributed by atoms with van der Waals surface area (Å²) in [4.78, 5) is 18.3. The number of piperidine rings is 1. The number of pyridine rings is 1. The van der Waals surface area contributed by atoms with Gasteiger partial charge in [0.05, 0.1) is 17.1 Å². The third-order valence-electron chi connectivity index (χ3n) is 5.57. The number of aliphatic hydroxyl groups excluding tert-OH is 1. The van der Waals surface area contributed by atoms with Gasteiger partial charge in [0.1, 0.15) is 5.82 Å². The van der Waals surface area contributed by atoms with Crippen molar-refractivity contribution < 1.29 is 14.6 Å². The first-order valence-electron chi connectivity index (χ1n) is 9.48. The van der Waals surface area contributed by atoms with Crippen molar-refractivity contribution in [1.82, 2.24) is 10.3 Å². The Balaban J connectivity index is 1.65. The van der Waals surface area contributed by atoms with Gasteiger partial charge in [-0.25, -0.2) is 9.78 Å². The molecule has 1 aliphatic heterocycles. The Kier molecular flexibility index (Phi) is 6.89. The van der Waals surface area contributed by atoms with Crippen LogP contribution in [0.2, 0.25) is 0 Å². The molecule has 144 valence electrons. The molecule has 1 aliphatic carbocycles. The molecule has 26 heavy (non-hydrogen) atoms. The van der Waals surface area contributed by atoms with Gasteiger partial charge in [-0.2, -0.15) is 0 Å². The summed E-state index contributed by atoms with van der Waals surface area (Å²) in [6.07, 6.45) is 9.00. The second kappa shape index (κ2) is 9.15. The summed E-state index contributed by atoms with van der Waals surface area (Å²) >= 11 is 3.53. The van der Waals surface area contributed by atoms with Crippen LogP contribution in [0, 0.1) is 5.92 Å². The standard InChI is InChI=1S/C19H28BrN3O3/c1-26-19(25)13-9-16(20)18(21-10-13)23-8-7-17(14(11-23)12-24)22-15-5-3-2-4-6-15/h9-10,14-15,17,22,24H,2-8,11-12H2,1H3. The molecule has 3 rings (SSSR count). The highest BCUT2D eigenvalue weighted by molar-refractivity contribution is 9.10. The molecule has 0 radical (unpaired) electrons. The van der Waals surface area contributed by atoms with Gasteiger partial charge in [0.15, 0.2) is 0 Å². The molecule has 1 aromatic rings. The number of ether oxygens (including phenoxy) is 1. The molecule has 1 aromatic heterocycles. The fourth-order valence-electron chi connectivity index (χ4n) is 4.09. The van der Waals surface area contributed by atoms with Gasteiger partial charge < -0.3 is 20.1 Å². The zero-order valence-electron chi connectivity index (χ0n) is 15.3. The molecule has 0 amide bonds. The van der Waals surface area contributed by atoms with Crippen LogP contribution in [0.3, 0.4) is 0 Å². The first-order valence-corrected chi connectivity index (χ1v) is 10.3. The van der Waals surface area contributed by atoms with Crippen LogP contribution in [-0.4, -0.2) is 54.9 Å². The maximum Gasteiger partial charge on any atom is 0.339 e. The molecule has 2 aliphatic rings. The molecule has 0 bridgehead atoms. The molecular formula is C19H28BrN3O3. The van der Waals surface area contributed by atoms with E-state index in [9.17, 15) is 9.90 Å². The third kappa shape index (κ3) is 4.56. The lowest BCUT2D eigenvalue weighted by atomic mass is 9.89. The Hall–Kier alpha value is -1.18. The molecule has 1 saturated heterocycles. The fourth-order valence-corrected chi connectivity index (χ4v) is 4.69. The van der Waals surface area contributed by atoms with Crippen molar-refractivity contribution in [3.8, 4) is 0 Å². The van der Waals surface area contributed by atoms with Crippen LogP contribution in [-0.2, 0) is 4.74 Å². The van der Waals surface area contributed by atoms with E-state index in [1.165, 1.54) is 39.2 Å². The van der Waals surface area contributed by atoms with Crippen LogP contribution in [0.4, 0.5) is 5.82 Å². The quantitative estimate of drug-likeness (QED) is 0.706. The van der Waals surface area contributed by atoms with Gasteiger partial charge in [-0.05, 0) is 41.3 Å². The fraction of sp³-hybridized carbons (Fsp3) is 0.684. The van der Waals surface area contributed by atoms with Gasteiger partial charge in [0.25, 0.3) is 0 Å². The number of aliphatic hydroxyl groups is 1. The van der Waals surface area contributed by atoms with Crippen molar-refractivity contribution in [1.29, 1.82) is 0 Å². The van der Waals surface area contributed by atoms with Gasteiger partial charge in [-0.15, -0.1) is 0 Å². The SMILES string of the molecule is COC(=O)c1cnc(N2CCC(NC3CCCCC3)C(CO)C2)c(Br)c1. The minimum absolute atomic E-state index is 0.165. The Morgan fingerprint density at radius 2 is 2.15 bits per heavy atom.